The molecule has 0 aliphatic rings. The summed E-state index contributed by atoms with van der Waals surface area (Å²) in [6.45, 7) is 4.00. The van der Waals surface area contributed by atoms with Gasteiger partial charge in [-0.2, -0.15) is 0 Å². The second kappa shape index (κ2) is 9.36. The highest BCUT2D eigenvalue weighted by Crippen LogP contribution is 2.27. The van der Waals surface area contributed by atoms with Crippen LogP contribution in [-0.4, -0.2) is 7.11 Å². The molecule has 3 rings (SSSR count). The van der Waals surface area contributed by atoms with Crippen LogP contribution in [0.2, 0.25) is 0 Å². The van der Waals surface area contributed by atoms with E-state index in [4.69, 9.17) is 4.74 Å². The van der Waals surface area contributed by atoms with Crippen LogP contribution >= 0.6 is 0 Å². The topological polar surface area (TPSA) is 9.23 Å². The van der Waals surface area contributed by atoms with E-state index in [9.17, 15) is 0 Å². The van der Waals surface area contributed by atoms with Crippen molar-refractivity contribution in [2.45, 2.75) is 13.8 Å². The third-order valence-corrected chi connectivity index (χ3v) is 3.60. The fourth-order valence-corrected chi connectivity index (χ4v) is 2.44. The second-order valence-corrected chi connectivity index (χ2v) is 5.06. The molecule has 0 fully saturated rings. The summed E-state index contributed by atoms with van der Waals surface area (Å²) in [6.07, 6.45) is 2.22. The highest BCUT2D eigenvalue weighted by molar-refractivity contribution is 5.91. The van der Waals surface area contributed by atoms with Crippen LogP contribution in [0.3, 0.4) is 0 Å². The summed E-state index contributed by atoms with van der Waals surface area (Å²) in [5.74, 6) is 0.871. The fraction of sp³-hybridized carbons (Fsp3) is 0.130. The second-order valence-electron chi connectivity index (χ2n) is 5.06. The lowest BCUT2D eigenvalue weighted by atomic mass is 9.95. The minimum absolute atomic E-state index is 0.871. The number of methoxy groups -OCH3 is 1. The Morgan fingerprint density at radius 1 is 0.667 bits per heavy atom. The van der Waals surface area contributed by atoms with Gasteiger partial charge in [-0.1, -0.05) is 86.6 Å². The maximum atomic E-state index is 5.25. The first-order valence-corrected chi connectivity index (χ1v) is 8.33. The van der Waals surface area contributed by atoms with Crippen molar-refractivity contribution < 1.29 is 4.74 Å². The Morgan fingerprint density at radius 3 is 1.71 bits per heavy atom. The van der Waals surface area contributed by atoms with Crippen molar-refractivity contribution in [2.75, 3.05) is 7.11 Å². The van der Waals surface area contributed by atoms with Crippen molar-refractivity contribution in [3.63, 3.8) is 0 Å². The average molecular weight is 316 g/mol. The van der Waals surface area contributed by atoms with Crippen LogP contribution < -0.4 is 4.74 Å². The van der Waals surface area contributed by atoms with Gasteiger partial charge in [-0.15, -0.1) is 0 Å². The van der Waals surface area contributed by atoms with E-state index in [1.54, 1.807) is 7.11 Å². The molecule has 0 saturated carbocycles. The molecule has 0 unspecified atom stereocenters. The SMILES string of the molecule is CC.COc1ccc(/C(=C/c2ccccc2)c2ccccc2)cc1. The van der Waals surface area contributed by atoms with Gasteiger partial charge in [0.25, 0.3) is 0 Å². The van der Waals surface area contributed by atoms with E-state index in [0.29, 0.717) is 0 Å². The summed E-state index contributed by atoms with van der Waals surface area (Å²) in [7, 11) is 1.69. The molecule has 0 bridgehead atoms. The lowest BCUT2D eigenvalue weighted by Gasteiger charge is -2.10. The first-order chi connectivity index (χ1) is 11.9. The van der Waals surface area contributed by atoms with Crippen LogP contribution in [-0.2, 0) is 0 Å². The average Bonchev–Trinajstić information content (AvgIpc) is 2.69. The molecule has 0 N–H and O–H groups in total. The van der Waals surface area contributed by atoms with Gasteiger partial charge in [0, 0.05) is 0 Å². The summed E-state index contributed by atoms with van der Waals surface area (Å²) in [4.78, 5) is 0. The zero-order chi connectivity index (χ0) is 17.2. The van der Waals surface area contributed by atoms with Crippen LogP contribution in [0.25, 0.3) is 11.6 Å². The van der Waals surface area contributed by atoms with Crippen LogP contribution in [0.5, 0.6) is 5.75 Å². The van der Waals surface area contributed by atoms with E-state index in [1.165, 1.54) is 22.3 Å². The van der Waals surface area contributed by atoms with Gasteiger partial charge in [-0.3, -0.25) is 0 Å². The third kappa shape index (κ3) is 4.60. The van der Waals surface area contributed by atoms with E-state index < -0.39 is 0 Å². The molecule has 0 amide bonds. The molecule has 0 heterocycles. The third-order valence-electron chi connectivity index (χ3n) is 3.60. The molecule has 0 aromatic heterocycles. The molecule has 3 aromatic rings. The van der Waals surface area contributed by atoms with Gasteiger partial charge < -0.3 is 4.74 Å². The maximum Gasteiger partial charge on any atom is 0.118 e. The van der Waals surface area contributed by atoms with Crippen molar-refractivity contribution in [3.8, 4) is 5.75 Å². The van der Waals surface area contributed by atoms with Crippen LogP contribution in [0.4, 0.5) is 0 Å². The molecular formula is C23H24O. The Balaban J connectivity index is 0.00000100. The minimum Gasteiger partial charge on any atom is -0.497 e. The van der Waals surface area contributed by atoms with Gasteiger partial charge >= 0.3 is 0 Å². The predicted octanol–water partition coefficient (Wildman–Crippen LogP) is 6.31. The molecule has 122 valence electrons. The molecule has 3 aromatic carbocycles. The molecular weight excluding hydrogens is 292 g/mol. The largest absolute Gasteiger partial charge is 0.497 e. The van der Waals surface area contributed by atoms with Crippen LogP contribution in [0, 0.1) is 0 Å². The Labute approximate surface area is 145 Å². The van der Waals surface area contributed by atoms with Crippen molar-refractivity contribution in [1.29, 1.82) is 0 Å². The highest BCUT2D eigenvalue weighted by Gasteiger charge is 2.05. The Morgan fingerprint density at radius 2 is 1.17 bits per heavy atom. The van der Waals surface area contributed by atoms with Crippen LogP contribution in [0.15, 0.2) is 84.9 Å². The quantitative estimate of drug-likeness (QED) is 0.512. The van der Waals surface area contributed by atoms with E-state index in [0.717, 1.165) is 5.75 Å². The van der Waals surface area contributed by atoms with Gasteiger partial charge in [0.1, 0.15) is 5.75 Å². The number of benzene rings is 3. The minimum atomic E-state index is 0.871. The summed E-state index contributed by atoms with van der Waals surface area (Å²) in [5.41, 5.74) is 4.78. The highest BCUT2D eigenvalue weighted by atomic mass is 16.5. The molecule has 1 nitrogen and oxygen atoms in total. The molecule has 0 saturated heterocycles. The van der Waals surface area contributed by atoms with Gasteiger partial charge in [0.2, 0.25) is 0 Å². The Kier molecular flexibility index (Phi) is 6.85. The summed E-state index contributed by atoms with van der Waals surface area (Å²) in [6, 6.07) is 29.0. The first-order valence-electron chi connectivity index (χ1n) is 8.33. The molecule has 0 radical (unpaired) electrons. The predicted molar refractivity (Wildman–Crippen MR) is 104 cm³/mol. The zero-order valence-corrected chi connectivity index (χ0v) is 14.6. The first kappa shape index (κ1) is 17.6. The molecule has 0 aliphatic carbocycles. The van der Waals surface area contributed by atoms with Gasteiger partial charge in [-0.25, -0.2) is 0 Å². The zero-order valence-electron chi connectivity index (χ0n) is 14.6. The van der Waals surface area contributed by atoms with Crippen molar-refractivity contribution in [3.05, 3.63) is 102 Å². The van der Waals surface area contributed by atoms with E-state index in [-0.39, 0.29) is 0 Å². The molecule has 0 atom stereocenters. The lowest BCUT2D eigenvalue weighted by molar-refractivity contribution is 0.415. The summed E-state index contributed by atoms with van der Waals surface area (Å²) in [5, 5.41) is 0. The maximum absolute atomic E-state index is 5.25. The summed E-state index contributed by atoms with van der Waals surface area (Å²) >= 11 is 0. The molecule has 1 heteroatoms. The van der Waals surface area contributed by atoms with Gasteiger partial charge in [0.05, 0.1) is 7.11 Å². The molecule has 24 heavy (non-hydrogen) atoms. The molecule has 0 spiro atoms. The normalized spacial score (nSPS) is 10.5. The number of hydrogen-bond donors (Lipinski definition) is 0. The van der Waals surface area contributed by atoms with E-state index in [1.807, 2.05) is 38.1 Å². The monoisotopic (exact) mass is 316 g/mol. The number of hydrogen-bond acceptors (Lipinski definition) is 1. The number of ether oxygens (including phenoxy) is 1. The smallest absolute Gasteiger partial charge is 0.118 e. The van der Waals surface area contributed by atoms with Crippen molar-refractivity contribution >= 4 is 11.6 Å². The van der Waals surface area contributed by atoms with Crippen molar-refractivity contribution in [1.82, 2.24) is 0 Å². The standard InChI is InChI=1S/C21H18O.C2H6/c1-22-20-14-12-19(13-15-20)21(18-10-6-3-7-11-18)16-17-8-4-2-5-9-17;1-2/h2-16H,1H3;1-2H3/b21-16+;. The Hall–Kier alpha value is -2.80. The van der Waals surface area contributed by atoms with E-state index >= 15 is 0 Å². The fourth-order valence-electron chi connectivity index (χ4n) is 2.44. The van der Waals surface area contributed by atoms with Gasteiger partial charge in [0.15, 0.2) is 0 Å². The van der Waals surface area contributed by atoms with Crippen molar-refractivity contribution in [2.24, 2.45) is 0 Å². The molecule has 0 aliphatic heterocycles. The number of rotatable bonds is 4. The summed E-state index contributed by atoms with van der Waals surface area (Å²) < 4.78 is 5.25. The van der Waals surface area contributed by atoms with E-state index in [2.05, 4.69) is 66.7 Å². The Bertz CT molecular complexity index is 741. The van der Waals surface area contributed by atoms with Crippen LogP contribution in [0.1, 0.15) is 30.5 Å². The lowest BCUT2D eigenvalue weighted by Crippen LogP contribution is -1.89. The van der Waals surface area contributed by atoms with Gasteiger partial charge in [-0.05, 0) is 40.5 Å².